The molecule has 2 heteroatoms. The first-order chi connectivity index (χ1) is 45.1. The molecule has 0 saturated carbocycles. The van der Waals surface area contributed by atoms with Crippen LogP contribution in [0.4, 0.5) is 0 Å². The third-order valence-corrected chi connectivity index (χ3v) is 18.8. The van der Waals surface area contributed by atoms with Gasteiger partial charge in [-0.05, 0) is 173 Å². The summed E-state index contributed by atoms with van der Waals surface area (Å²) in [6.45, 7) is 0. The summed E-state index contributed by atoms with van der Waals surface area (Å²) < 4.78 is 4.73. The Bertz CT molecular complexity index is 5100. The predicted molar refractivity (Wildman–Crippen MR) is 385 cm³/mol. The van der Waals surface area contributed by atoms with Crippen molar-refractivity contribution in [2.45, 2.75) is 5.41 Å². The van der Waals surface area contributed by atoms with Gasteiger partial charge in [-0.1, -0.05) is 291 Å². The van der Waals surface area contributed by atoms with Gasteiger partial charge in [-0.25, -0.2) is 0 Å². The Kier molecular flexibility index (Phi) is 13.1. The Hall–Kier alpha value is -11.8. The van der Waals surface area contributed by atoms with Crippen molar-refractivity contribution in [3.63, 3.8) is 0 Å². The van der Waals surface area contributed by atoms with Crippen molar-refractivity contribution in [2.24, 2.45) is 0 Å². The molecule has 0 atom stereocenters. The molecule has 1 aliphatic carbocycles. The first-order valence-corrected chi connectivity index (χ1v) is 31.4. The lowest BCUT2D eigenvalue weighted by atomic mass is 9.67. The molecule has 2 aromatic heterocycles. The fourth-order valence-electron chi connectivity index (χ4n) is 14.4. The molecule has 426 valence electrons. The van der Waals surface area contributed by atoms with E-state index in [0.717, 1.165) is 22.3 Å². The molecule has 14 aromatic carbocycles. The SMILES string of the molecule is C(=Cc1ccc(-c2ccc3c(c2)c2ccccc2n3-c2ccccc2)cc1)c1ccc(-c2ccc3c(c2)C(c2ccccc2)(c2ccccc2)c2cc(-c4ccc(C=Cc5ccc(-c6ccc7c(c6)c6ccccc6n7-c6ccccc6)cc5)cc4)ccc2-3)cc1. The Morgan fingerprint density at radius 3 is 0.835 bits per heavy atom. The van der Waals surface area contributed by atoms with Crippen LogP contribution in [0.2, 0.25) is 0 Å². The molecule has 0 amide bonds. The zero-order valence-electron chi connectivity index (χ0n) is 50.0. The van der Waals surface area contributed by atoms with Gasteiger partial charge in [0.05, 0.1) is 27.5 Å². The van der Waals surface area contributed by atoms with E-state index in [0.29, 0.717) is 0 Å². The van der Waals surface area contributed by atoms with E-state index in [1.54, 1.807) is 0 Å². The number of benzene rings is 14. The molecule has 0 aliphatic heterocycles. The standard InChI is InChI=1S/C89H60N2/c1-5-17-73(18-6-1)89(74-19-7-2-8-20-74)83-59-71(67-45-37-63(38-46-67)31-29-61-33-41-65(42-34-61)69-51-55-87-81(57-69)79-25-13-15-27-85(79)90(87)75-21-9-3-10-22-75)49-53-77(83)78-54-50-72(60-84(78)89)68-47-39-64(40-48-68)32-30-62-35-43-66(44-36-62)70-52-56-88-82(58-70)80-26-14-16-28-86(80)91(88)76-23-11-4-12-24-76/h1-60H. The Labute approximate surface area is 530 Å². The highest BCUT2D eigenvalue weighted by molar-refractivity contribution is 6.12. The van der Waals surface area contributed by atoms with E-state index in [4.69, 9.17) is 0 Å². The molecule has 0 spiro atoms. The van der Waals surface area contributed by atoms with Crippen LogP contribution >= 0.6 is 0 Å². The zero-order chi connectivity index (χ0) is 60.2. The quantitative estimate of drug-likeness (QED) is 0.108. The molecular formula is C89H60N2. The van der Waals surface area contributed by atoms with Crippen LogP contribution in [0.1, 0.15) is 44.5 Å². The van der Waals surface area contributed by atoms with E-state index in [2.05, 4.69) is 373 Å². The summed E-state index contributed by atoms with van der Waals surface area (Å²) in [5.41, 5.74) is 28.5. The maximum absolute atomic E-state index is 2.46. The number of para-hydroxylation sites is 4. The molecule has 2 nitrogen and oxygen atoms in total. The first kappa shape index (κ1) is 53.4. The summed E-state index contributed by atoms with van der Waals surface area (Å²) in [6.07, 6.45) is 8.86. The predicted octanol–water partition coefficient (Wildman–Crippen LogP) is 23.3. The van der Waals surface area contributed by atoms with Crippen LogP contribution in [0.3, 0.4) is 0 Å². The lowest BCUT2D eigenvalue weighted by Gasteiger charge is -2.34. The Morgan fingerprint density at radius 1 is 0.209 bits per heavy atom. The first-order valence-electron chi connectivity index (χ1n) is 31.4. The number of aromatic nitrogens is 2. The fourth-order valence-corrected chi connectivity index (χ4v) is 14.4. The highest BCUT2D eigenvalue weighted by Crippen LogP contribution is 2.57. The van der Waals surface area contributed by atoms with Gasteiger partial charge in [-0.2, -0.15) is 0 Å². The van der Waals surface area contributed by atoms with Crippen molar-refractivity contribution in [3.05, 3.63) is 384 Å². The molecule has 0 saturated heterocycles. The molecule has 0 N–H and O–H groups in total. The van der Waals surface area contributed by atoms with E-state index in [1.807, 2.05) is 0 Å². The zero-order valence-corrected chi connectivity index (χ0v) is 50.0. The Morgan fingerprint density at radius 2 is 0.484 bits per heavy atom. The summed E-state index contributed by atoms with van der Waals surface area (Å²) in [5.74, 6) is 0. The smallest absolute Gasteiger partial charge is 0.0713 e. The molecule has 0 unspecified atom stereocenters. The molecule has 0 fully saturated rings. The Balaban J connectivity index is 0.627. The van der Waals surface area contributed by atoms with Crippen LogP contribution in [-0.2, 0) is 5.41 Å². The minimum absolute atomic E-state index is 0.555. The van der Waals surface area contributed by atoms with Gasteiger partial charge in [-0.15, -0.1) is 0 Å². The van der Waals surface area contributed by atoms with E-state index in [-0.39, 0.29) is 0 Å². The van der Waals surface area contributed by atoms with Gasteiger partial charge in [0.2, 0.25) is 0 Å². The monoisotopic (exact) mass is 1160 g/mol. The van der Waals surface area contributed by atoms with Gasteiger partial charge >= 0.3 is 0 Å². The average Bonchev–Trinajstić information content (AvgIpc) is 1.56. The summed E-state index contributed by atoms with van der Waals surface area (Å²) >= 11 is 0. The third-order valence-electron chi connectivity index (χ3n) is 18.8. The molecular weight excluding hydrogens is 1100 g/mol. The molecule has 0 radical (unpaired) electrons. The van der Waals surface area contributed by atoms with Gasteiger partial charge in [-0.3, -0.25) is 0 Å². The van der Waals surface area contributed by atoms with Crippen LogP contribution < -0.4 is 0 Å². The maximum atomic E-state index is 2.46. The molecule has 0 bridgehead atoms. The normalized spacial score (nSPS) is 12.6. The van der Waals surface area contributed by atoms with Gasteiger partial charge in [0.25, 0.3) is 0 Å². The highest BCUT2D eigenvalue weighted by Gasteiger charge is 2.46. The van der Waals surface area contributed by atoms with Crippen LogP contribution in [0, 0.1) is 0 Å². The van der Waals surface area contributed by atoms with E-state index < -0.39 is 5.41 Å². The lowest BCUT2D eigenvalue weighted by molar-refractivity contribution is 0.769. The topological polar surface area (TPSA) is 9.86 Å². The summed E-state index contributed by atoms with van der Waals surface area (Å²) in [4.78, 5) is 0. The van der Waals surface area contributed by atoms with Crippen molar-refractivity contribution >= 4 is 67.9 Å². The maximum Gasteiger partial charge on any atom is 0.0713 e. The molecule has 16 aromatic rings. The highest BCUT2D eigenvalue weighted by atomic mass is 15.0. The van der Waals surface area contributed by atoms with Gasteiger partial charge < -0.3 is 9.13 Å². The average molecular weight is 1160 g/mol. The number of rotatable bonds is 12. The van der Waals surface area contributed by atoms with E-state index in [9.17, 15) is 0 Å². The number of nitrogens with zero attached hydrogens (tertiary/aromatic N) is 2. The molecule has 1 aliphatic rings. The van der Waals surface area contributed by atoms with Gasteiger partial charge in [0.15, 0.2) is 0 Å². The fraction of sp³-hybridized carbons (Fsp3) is 0.0112. The van der Waals surface area contributed by atoms with Crippen molar-refractivity contribution in [3.8, 4) is 67.0 Å². The number of hydrogen-bond acceptors (Lipinski definition) is 0. The molecule has 2 heterocycles. The van der Waals surface area contributed by atoms with Crippen LogP contribution in [0.5, 0.6) is 0 Å². The lowest BCUT2D eigenvalue weighted by Crippen LogP contribution is -2.28. The molecule has 17 rings (SSSR count). The van der Waals surface area contributed by atoms with Crippen LogP contribution in [0.15, 0.2) is 340 Å². The second-order valence-electron chi connectivity index (χ2n) is 24.0. The number of fused-ring (bicyclic) bond motifs is 9. The number of hydrogen-bond donors (Lipinski definition) is 0. The van der Waals surface area contributed by atoms with Crippen molar-refractivity contribution < 1.29 is 0 Å². The van der Waals surface area contributed by atoms with Crippen LogP contribution in [-0.4, -0.2) is 9.13 Å². The minimum atomic E-state index is -0.555. The van der Waals surface area contributed by atoms with Crippen LogP contribution in [0.25, 0.3) is 135 Å². The largest absolute Gasteiger partial charge is 0.309 e. The van der Waals surface area contributed by atoms with Crippen molar-refractivity contribution in [1.82, 2.24) is 9.13 Å². The van der Waals surface area contributed by atoms with Gasteiger partial charge in [0, 0.05) is 32.9 Å². The minimum Gasteiger partial charge on any atom is -0.309 e. The van der Waals surface area contributed by atoms with Crippen molar-refractivity contribution in [2.75, 3.05) is 0 Å². The third kappa shape index (κ3) is 9.35. The second kappa shape index (κ2) is 22.4. The van der Waals surface area contributed by atoms with Gasteiger partial charge in [0.1, 0.15) is 0 Å². The molecule has 91 heavy (non-hydrogen) atoms. The summed E-state index contributed by atoms with van der Waals surface area (Å²) in [5, 5.41) is 5.03. The summed E-state index contributed by atoms with van der Waals surface area (Å²) in [6, 6.07) is 125. The van der Waals surface area contributed by atoms with E-state index in [1.165, 1.54) is 133 Å². The van der Waals surface area contributed by atoms with Crippen molar-refractivity contribution in [1.29, 1.82) is 0 Å². The second-order valence-corrected chi connectivity index (χ2v) is 24.0. The summed E-state index contributed by atoms with van der Waals surface area (Å²) in [7, 11) is 0. The van der Waals surface area contributed by atoms with E-state index >= 15 is 0 Å².